The summed E-state index contributed by atoms with van der Waals surface area (Å²) in [5, 5.41) is 5.89. The zero-order chi connectivity index (χ0) is 16.4. The Kier molecular flexibility index (Phi) is 5.09. The number of hydrogen-bond acceptors (Lipinski definition) is 2. The fourth-order valence-electron chi connectivity index (χ4n) is 2.06. The average molecular weight is 423 g/mol. The quantitative estimate of drug-likeness (QED) is 0.765. The van der Waals surface area contributed by atoms with Crippen LogP contribution < -0.4 is 5.32 Å². The molecule has 1 N–H and O–H groups in total. The minimum atomic E-state index is -3.02. The van der Waals surface area contributed by atoms with Crippen LogP contribution in [-0.4, -0.2) is 15.7 Å². The molecule has 1 aromatic heterocycles. The molecule has 22 heavy (non-hydrogen) atoms. The molecule has 0 fully saturated rings. The average Bonchev–Trinajstić information content (AvgIpc) is 2.75. The van der Waals surface area contributed by atoms with E-state index in [2.05, 4.69) is 33.0 Å². The van der Waals surface area contributed by atoms with Crippen LogP contribution in [0, 0.1) is 9.52 Å². The molecule has 4 nitrogen and oxygen atoms in total. The van der Waals surface area contributed by atoms with E-state index in [1.807, 2.05) is 12.1 Å². The number of nitrogens with one attached hydrogen (secondary N) is 1. The minimum Gasteiger partial charge on any atom is -0.345 e. The van der Waals surface area contributed by atoms with Crippen molar-refractivity contribution in [1.29, 1.82) is 0 Å². The van der Waals surface area contributed by atoms with Crippen molar-refractivity contribution in [2.24, 2.45) is 7.05 Å². The third kappa shape index (κ3) is 3.26. The molecule has 0 aliphatic rings. The van der Waals surface area contributed by atoms with Gasteiger partial charge in [-0.3, -0.25) is 4.79 Å². The second kappa shape index (κ2) is 6.67. The number of amides is 1. The first kappa shape index (κ1) is 16.8. The first-order valence-electron chi connectivity index (χ1n) is 6.38. The molecule has 0 saturated carbocycles. The largest absolute Gasteiger partial charge is 0.345 e. The number of alkyl halides is 2. The van der Waals surface area contributed by atoms with Gasteiger partial charge >= 0.3 is 0 Å². The fourth-order valence-corrected chi connectivity index (χ4v) is 2.91. The van der Waals surface area contributed by atoms with Crippen molar-refractivity contribution in [2.75, 3.05) is 0 Å². The van der Waals surface area contributed by atoms with Gasteiger partial charge in [0.05, 0.1) is 6.04 Å². The number of carbonyl (C=O) groups is 1. The zero-order valence-corrected chi connectivity index (χ0v) is 13.9. The van der Waals surface area contributed by atoms with Crippen LogP contribution in [0.1, 0.15) is 41.0 Å². The Bertz CT molecular complexity index is 703. The topological polar surface area (TPSA) is 46.9 Å². The van der Waals surface area contributed by atoms with Gasteiger partial charge in [0.15, 0.2) is 0 Å². The highest BCUT2D eigenvalue weighted by Gasteiger charge is 2.29. The predicted octanol–water partition coefficient (Wildman–Crippen LogP) is 3.59. The normalized spacial score (nSPS) is 12.5. The van der Waals surface area contributed by atoms with Gasteiger partial charge in [-0.05, 0) is 41.1 Å². The highest BCUT2D eigenvalue weighted by atomic mass is 127. The number of rotatable bonds is 4. The summed E-state index contributed by atoms with van der Waals surface area (Å²) in [5.74, 6) is -1.99. The van der Waals surface area contributed by atoms with Crippen molar-refractivity contribution >= 4 is 28.5 Å². The maximum Gasteiger partial charge on any atom is 0.283 e. The van der Waals surface area contributed by atoms with Crippen LogP contribution in [-0.2, 0) is 7.05 Å². The smallest absolute Gasteiger partial charge is 0.283 e. The summed E-state index contributed by atoms with van der Waals surface area (Å²) in [4.78, 5) is 12.2. The highest BCUT2D eigenvalue weighted by Crippen LogP contribution is 2.25. The molecule has 0 radical (unpaired) electrons. The lowest BCUT2D eigenvalue weighted by Crippen LogP contribution is -2.28. The first-order valence-corrected chi connectivity index (χ1v) is 7.46. The number of aryl methyl sites for hydroxylation is 1. The van der Waals surface area contributed by atoms with E-state index in [9.17, 15) is 18.0 Å². The van der Waals surface area contributed by atoms with Crippen molar-refractivity contribution in [3.63, 3.8) is 0 Å². The molecule has 1 aromatic carbocycles. The van der Waals surface area contributed by atoms with E-state index in [1.54, 1.807) is 19.1 Å². The van der Waals surface area contributed by atoms with Gasteiger partial charge in [0.1, 0.15) is 11.3 Å². The van der Waals surface area contributed by atoms with E-state index in [1.165, 1.54) is 7.05 Å². The van der Waals surface area contributed by atoms with Gasteiger partial charge in [0.25, 0.3) is 12.3 Å². The summed E-state index contributed by atoms with van der Waals surface area (Å²) in [6.45, 7) is 1.70. The monoisotopic (exact) mass is 423 g/mol. The Morgan fingerprint density at radius 2 is 2.00 bits per heavy atom. The Labute approximate surface area is 138 Å². The van der Waals surface area contributed by atoms with Gasteiger partial charge in [-0.1, -0.05) is 18.2 Å². The summed E-state index contributed by atoms with van der Waals surface area (Å²) in [7, 11) is 1.17. The maximum atomic E-state index is 13.9. The third-order valence-electron chi connectivity index (χ3n) is 3.16. The van der Waals surface area contributed by atoms with Gasteiger partial charge in [-0.15, -0.1) is 0 Å². The van der Waals surface area contributed by atoms with Gasteiger partial charge < -0.3 is 5.32 Å². The van der Waals surface area contributed by atoms with Crippen LogP contribution in [0.25, 0.3) is 0 Å². The summed E-state index contributed by atoms with van der Waals surface area (Å²) >= 11 is 2.10. The molecule has 1 atom stereocenters. The number of nitrogens with zero attached hydrogens (tertiary/aromatic N) is 2. The van der Waals surface area contributed by atoms with Gasteiger partial charge in [-0.2, -0.15) is 9.49 Å². The zero-order valence-electron chi connectivity index (χ0n) is 11.8. The van der Waals surface area contributed by atoms with E-state index < -0.39 is 35.6 Å². The van der Waals surface area contributed by atoms with Gasteiger partial charge in [0, 0.05) is 10.6 Å². The number of hydrogen-bond donors (Lipinski definition) is 1. The van der Waals surface area contributed by atoms with E-state index in [4.69, 9.17) is 0 Å². The van der Waals surface area contributed by atoms with Crippen LogP contribution in [0.15, 0.2) is 24.3 Å². The van der Waals surface area contributed by atoms with Crippen LogP contribution in [0.3, 0.4) is 0 Å². The molecule has 0 aliphatic heterocycles. The van der Waals surface area contributed by atoms with Crippen molar-refractivity contribution < 1.29 is 18.0 Å². The number of aromatic nitrogens is 2. The Hall–Kier alpha value is -1.58. The summed E-state index contributed by atoms with van der Waals surface area (Å²) in [5.41, 5.74) is -0.748. The molecule has 1 amide bonds. The van der Waals surface area contributed by atoms with Crippen LogP contribution in [0.5, 0.6) is 0 Å². The Balaban J connectivity index is 2.28. The lowest BCUT2D eigenvalue weighted by Gasteiger charge is -2.15. The second-order valence-corrected chi connectivity index (χ2v) is 5.85. The highest BCUT2D eigenvalue weighted by molar-refractivity contribution is 14.1. The van der Waals surface area contributed by atoms with Crippen LogP contribution >= 0.6 is 22.6 Å². The van der Waals surface area contributed by atoms with E-state index in [0.29, 0.717) is 4.68 Å². The maximum absolute atomic E-state index is 13.9. The molecular formula is C14H13F3IN3O. The van der Waals surface area contributed by atoms with Gasteiger partial charge in [-0.25, -0.2) is 13.5 Å². The summed E-state index contributed by atoms with van der Waals surface area (Å²) < 4.78 is 41.2. The lowest BCUT2D eigenvalue weighted by molar-refractivity contribution is 0.0920. The molecule has 8 heteroatoms. The molecular weight excluding hydrogens is 410 g/mol. The molecule has 0 saturated heterocycles. The van der Waals surface area contributed by atoms with Gasteiger partial charge in [0.2, 0.25) is 5.95 Å². The fraction of sp³-hybridized carbons (Fsp3) is 0.286. The molecule has 1 heterocycles. The predicted molar refractivity (Wildman–Crippen MR) is 83.2 cm³/mol. The second-order valence-electron chi connectivity index (χ2n) is 4.69. The molecule has 0 bridgehead atoms. The Morgan fingerprint density at radius 1 is 1.36 bits per heavy atom. The number of benzene rings is 1. The van der Waals surface area contributed by atoms with Crippen LogP contribution in [0.4, 0.5) is 13.2 Å². The minimum absolute atomic E-state index is 0.453. The van der Waals surface area contributed by atoms with Crippen molar-refractivity contribution in [1.82, 2.24) is 15.1 Å². The molecule has 0 aliphatic carbocycles. The lowest BCUT2D eigenvalue weighted by atomic mass is 10.1. The molecule has 0 spiro atoms. The SMILES string of the molecule is CC(NC(=O)c1c(C(F)F)nn(C)c1F)c1ccccc1I. The molecule has 2 aromatic rings. The standard InChI is InChI=1S/C14H13F3IN3O/c1-7(8-5-3-4-6-9(8)18)19-14(22)10-11(12(15)16)20-21(2)13(10)17/h3-7,12H,1-2H3,(H,19,22). The van der Waals surface area contributed by atoms with E-state index in [0.717, 1.165) is 9.13 Å². The van der Waals surface area contributed by atoms with Crippen LogP contribution in [0.2, 0.25) is 0 Å². The number of carbonyl (C=O) groups excluding carboxylic acids is 1. The molecule has 1 unspecified atom stereocenters. The number of halogens is 4. The summed E-state index contributed by atoms with van der Waals surface area (Å²) in [6.07, 6.45) is -3.02. The van der Waals surface area contributed by atoms with Crippen molar-refractivity contribution in [3.8, 4) is 0 Å². The van der Waals surface area contributed by atoms with Crippen molar-refractivity contribution in [2.45, 2.75) is 19.4 Å². The molecule has 118 valence electrons. The van der Waals surface area contributed by atoms with Crippen molar-refractivity contribution in [3.05, 3.63) is 50.6 Å². The van der Waals surface area contributed by atoms with E-state index >= 15 is 0 Å². The first-order chi connectivity index (χ1) is 10.3. The Morgan fingerprint density at radius 3 is 2.59 bits per heavy atom. The summed E-state index contributed by atoms with van der Waals surface area (Å²) in [6, 6.07) is 6.85. The van der Waals surface area contributed by atoms with E-state index in [-0.39, 0.29) is 0 Å². The third-order valence-corrected chi connectivity index (χ3v) is 4.14. The molecule has 2 rings (SSSR count).